The molecule has 120 valence electrons. The van der Waals surface area contributed by atoms with E-state index in [1.54, 1.807) is 18.2 Å². The molecule has 0 unspecified atom stereocenters. The molecule has 23 heavy (non-hydrogen) atoms. The van der Waals surface area contributed by atoms with Crippen molar-refractivity contribution in [1.29, 1.82) is 0 Å². The second kappa shape index (κ2) is 8.55. The molecule has 0 bridgehead atoms. The smallest absolute Gasteiger partial charge is 0.328 e. The number of carbonyl (C=O) groups is 1. The van der Waals surface area contributed by atoms with Crippen molar-refractivity contribution in [2.45, 2.75) is 6.61 Å². The van der Waals surface area contributed by atoms with E-state index < -0.39 is 5.97 Å². The first-order valence-electron chi connectivity index (χ1n) is 6.33. The molecular formula is C16H10Cl2I2O3. The average Bonchev–Trinajstić information content (AvgIpc) is 2.48. The van der Waals surface area contributed by atoms with Crippen LogP contribution >= 0.6 is 68.4 Å². The molecule has 0 aromatic heterocycles. The Labute approximate surface area is 170 Å². The molecular weight excluding hydrogens is 565 g/mol. The maximum absolute atomic E-state index is 10.6. The molecule has 0 heterocycles. The van der Waals surface area contributed by atoms with Crippen LogP contribution in [0.15, 0.2) is 36.4 Å². The highest BCUT2D eigenvalue weighted by atomic mass is 127. The lowest BCUT2D eigenvalue weighted by Gasteiger charge is -2.12. The number of carboxylic acids is 1. The molecule has 0 radical (unpaired) electrons. The highest BCUT2D eigenvalue weighted by Crippen LogP contribution is 2.31. The number of hydrogen-bond donors (Lipinski definition) is 1. The Kier molecular flexibility index (Phi) is 7.00. The molecule has 0 aliphatic rings. The van der Waals surface area contributed by atoms with Gasteiger partial charge in [0.25, 0.3) is 0 Å². The van der Waals surface area contributed by atoms with Gasteiger partial charge in [-0.15, -0.1) is 0 Å². The second-order valence-electron chi connectivity index (χ2n) is 4.52. The van der Waals surface area contributed by atoms with Crippen molar-refractivity contribution in [2.75, 3.05) is 0 Å². The summed E-state index contributed by atoms with van der Waals surface area (Å²) >= 11 is 16.2. The summed E-state index contributed by atoms with van der Waals surface area (Å²) in [6.45, 7) is 0.368. The van der Waals surface area contributed by atoms with Crippen LogP contribution in [0.25, 0.3) is 6.08 Å². The van der Waals surface area contributed by atoms with Gasteiger partial charge in [0.1, 0.15) is 12.4 Å². The number of hydrogen-bond acceptors (Lipinski definition) is 2. The summed E-state index contributed by atoms with van der Waals surface area (Å²) in [6.07, 6.45) is 2.66. The fraction of sp³-hybridized carbons (Fsp3) is 0.0625. The fourth-order valence-electron chi connectivity index (χ4n) is 1.77. The van der Waals surface area contributed by atoms with E-state index in [-0.39, 0.29) is 0 Å². The van der Waals surface area contributed by atoms with Crippen molar-refractivity contribution in [3.05, 3.63) is 64.7 Å². The Morgan fingerprint density at radius 2 is 1.78 bits per heavy atom. The molecule has 2 aromatic rings. The van der Waals surface area contributed by atoms with E-state index in [1.807, 2.05) is 18.2 Å². The zero-order valence-electron chi connectivity index (χ0n) is 11.5. The van der Waals surface area contributed by atoms with Crippen LogP contribution < -0.4 is 4.74 Å². The third kappa shape index (κ3) is 5.51. The monoisotopic (exact) mass is 574 g/mol. The van der Waals surface area contributed by atoms with Gasteiger partial charge in [-0.25, -0.2) is 4.79 Å². The van der Waals surface area contributed by atoms with Crippen molar-refractivity contribution < 1.29 is 14.6 Å². The van der Waals surface area contributed by atoms with Crippen LogP contribution in [-0.2, 0) is 11.4 Å². The van der Waals surface area contributed by atoms with E-state index in [4.69, 9.17) is 33.0 Å². The molecule has 0 aliphatic carbocycles. The SMILES string of the molecule is O=C(O)/C=C/c1cc(I)c(OCc2ccc(Cl)c(Cl)c2)c(I)c1. The van der Waals surface area contributed by atoms with Crippen LogP contribution in [0, 0.1) is 7.14 Å². The Balaban J connectivity index is 2.16. The zero-order chi connectivity index (χ0) is 17.0. The predicted octanol–water partition coefficient (Wildman–Crippen LogP) is 5.88. The van der Waals surface area contributed by atoms with Crippen LogP contribution in [0.4, 0.5) is 0 Å². The van der Waals surface area contributed by atoms with E-state index in [0.717, 1.165) is 30.1 Å². The van der Waals surface area contributed by atoms with E-state index in [0.29, 0.717) is 16.7 Å². The molecule has 0 fully saturated rings. The Hall–Kier alpha value is -0.510. The number of aliphatic carboxylic acids is 1. The molecule has 2 rings (SSSR count). The van der Waals surface area contributed by atoms with Gasteiger partial charge in [0.2, 0.25) is 0 Å². The Morgan fingerprint density at radius 1 is 1.13 bits per heavy atom. The van der Waals surface area contributed by atoms with Gasteiger partial charge in [-0.05, 0) is 86.7 Å². The van der Waals surface area contributed by atoms with Gasteiger partial charge in [-0.1, -0.05) is 29.3 Å². The standard InChI is InChI=1S/C16H10Cl2I2O3/c17-11-3-1-10(5-12(11)18)8-23-16-13(19)6-9(7-14(16)20)2-4-15(21)22/h1-7H,8H2,(H,21,22)/b4-2+. The third-order valence-electron chi connectivity index (χ3n) is 2.81. The maximum Gasteiger partial charge on any atom is 0.328 e. The minimum atomic E-state index is -0.977. The number of halogens is 4. The molecule has 3 nitrogen and oxygen atoms in total. The van der Waals surface area contributed by atoms with Gasteiger partial charge < -0.3 is 9.84 Å². The average molecular weight is 575 g/mol. The van der Waals surface area contributed by atoms with Gasteiger partial charge >= 0.3 is 5.97 Å². The Bertz CT molecular complexity index is 753. The lowest BCUT2D eigenvalue weighted by atomic mass is 10.2. The van der Waals surface area contributed by atoms with Crippen molar-refractivity contribution in [3.63, 3.8) is 0 Å². The largest absolute Gasteiger partial charge is 0.487 e. The van der Waals surface area contributed by atoms with Gasteiger partial charge in [-0.3, -0.25) is 0 Å². The van der Waals surface area contributed by atoms with Gasteiger partial charge in [0, 0.05) is 6.08 Å². The number of benzene rings is 2. The molecule has 0 aliphatic heterocycles. The lowest BCUT2D eigenvalue weighted by Crippen LogP contribution is -1.99. The lowest BCUT2D eigenvalue weighted by molar-refractivity contribution is -0.131. The number of carboxylic acid groups (broad SMARTS) is 1. The summed E-state index contributed by atoms with van der Waals surface area (Å²) in [5, 5.41) is 9.69. The summed E-state index contributed by atoms with van der Waals surface area (Å²) in [5.74, 6) is -0.222. The van der Waals surface area contributed by atoms with Crippen LogP contribution in [0.5, 0.6) is 5.75 Å². The molecule has 1 N–H and O–H groups in total. The zero-order valence-corrected chi connectivity index (χ0v) is 17.4. The molecule has 0 saturated heterocycles. The molecule has 0 saturated carbocycles. The first-order valence-corrected chi connectivity index (χ1v) is 9.25. The summed E-state index contributed by atoms with van der Waals surface area (Å²) in [6, 6.07) is 9.10. The van der Waals surface area contributed by atoms with E-state index in [9.17, 15) is 4.79 Å². The van der Waals surface area contributed by atoms with Crippen LogP contribution in [0.2, 0.25) is 10.0 Å². The molecule has 7 heteroatoms. The quantitative estimate of drug-likeness (QED) is 0.358. The summed E-state index contributed by atoms with van der Waals surface area (Å²) < 4.78 is 7.68. The number of ether oxygens (including phenoxy) is 1. The summed E-state index contributed by atoms with van der Waals surface area (Å²) in [4.78, 5) is 10.6. The molecule has 2 aromatic carbocycles. The van der Waals surface area contributed by atoms with Crippen LogP contribution in [-0.4, -0.2) is 11.1 Å². The Morgan fingerprint density at radius 3 is 2.35 bits per heavy atom. The minimum Gasteiger partial charge on any atom is -0.487 e. The molecule has 0 atom stereocenters. The van der Waals surface area contributed by atoms with Crippen molar-refractivity contribution in [2.24, 2.45) is 0 Å². The van der Waals surface area contributed by atoms with Crippen molar-refractivity contribution in [3.8, 4) is 5.75 Å². The normalized spacial score (nSPS) is 11.0. The number of rotatable bonds is 5. The third-order valence-corrected chi connectivity index (χ3v) is 5.15. The van der Waals surface area contributed by atoms with E-state index in [2.05, 4.69) is 45.2 Å². The van der Waals surface area contributed by atoms with Gasteiger partial charge in [0.15, 0.2) is 0 Å². The van der Waals surface area contributed by atoms with Crippen LogP contribution in [0.3, 0.4) is 0 Å². The second-order valence-corrected chi connectivity index (χ2v) is 7.66. The van der Waals surface area contributed by atoms with Gasteiger partial charge in [-0.2, -0.15) is 0 Å². The van der Waals surface area contributed by atoms with Crippen molar-refractivity contribution >= 4 is 80.4 Å². The van der Waals surface area contributed by atoms with Crippen LogP contribution in [0.1, 0.15) is 11.1 Å². The predicted molar refractivity (Wildman–Crippen MR) is 109 cm³/mol. The first kappa shape index (κ1) is 18.8. The summed E-state index contributed by atoms with van der Waals surface area (Å²) in [5.41, 5.74) is 1.73. The highest BCUT2D eigenvalue weighted by Gasteiger charge is 2.09. The van der Waals surface area contributed by atoms with E-state index >= 15 is 0 Å². The first-order chi connectivity index (χ1) is 10.9. The minimum absolute atomic E-state index is 0.368. The molecule has 0 spiro atoms. The summed E-state index contributed by atoms with van der Waals surface area (Å²) in [7, 11) is 0. The van der Waals surface area contributed by atoms with E-state index in [1.165, 1.54) is 0 Å². The molecule has 0 amide bonds. The van der Waals surface area contributed by atoms with Gasteiger partial charge in [0.05, 0.1) is 17.2 Å². The highest BCUT2D eigenvalue weighted by molar-refractivity contribution is 14.1. The van der Waals surface area contributed by atoms with Crippen molar-refractivity contribution in [1.82, 2.24) is 0 Å². The topological polar surface area (TPSA) is 46.5 Å². The fourth-order valence-corrected chi connectivity index (χ4v) is 4.21. The maximum atomic E-state index is 10.6.